The van der Waals surface area contributed by atoms with Gasteiger partial charge in [-0.1, -0.05) is 177 Å². The Labute approximate surface area is 383 Å². The van der Waals surface area contributed by atoms with Gasteiger partial charge in [0.05, 0.1) is 38.6 Å². The van der Waals surface area contributed by atoms with Crippen LogP contribution in [0, 0.1) is 11.6 Å². The number of anilines is 6. The van der Waals surface area contributed by atoms with E-state index in [9.17, 15) is 0 Å². The lowest BCUT2D eigenvalue weighted by Gasteiger charge is -2.41. The van der Waals surface area contributed by atoms with Crippen LogP contribution in [0.3, 0.4) is 0 Å². The smallest absolute Gasteiger partial charge is 0.147 e. The summed E-state index contributed by atoms with van der Waals surface area (Å²) in [7, 11) is -3.20. The van der Waals surface area contributed by atoms with E-state index in [1.165, 1.54) is 32.6 Å². The molecule has 0 amide bonds. The summed E-state index contributed by atoms with van der Waals surface area (Å²) in [6.07, 6.45) is 0. The minimum atomic E-state index is -1.60. The molecule has 0 aliphatic heterocycles. The maximum absolute atomic E-state index is 16.3. The molecule has 0 heterocycles. The van der Waals surface area contributed by atoms with Crippen molar-refractivity contribution in [1.82, 2.24) is 0 Å². The van der Waals surface area contributed by atoms with Crippen molar-refractivity contribution in [2.24, 2.45) is 0 Å². The minimum Gasteiger partial charge on any atom is -0.308 e. The average molecular weight is 881 g/mol. The lowest BCUT2D eigenvalue weighted by atomic mass is 9.61. The van der Waals surface area contributed by atoms with Gasteiger partial charge in [-0.3, -0.25) is 0 Å². The standard InChI is InChI=1S/C59H50F2N2Si2/c1-64(2,3)42-31-26-39(27-32-42)62(56-24-13-11-22-53(56)60)41-30-35-46-47-36-37-55(63(57-25-14-12-23-54(57)61)40-28-33-43(34-29-40)65(4,5)6)48-18-15-21-51(58(47)48)59(52(46)38-41)49-19-9-7-16-44(49)45-17-8-10-20-50(45)59/h7-38H,1-6H3. The van der Waals surface area contributed by atoms with Gasteiger partial charge in [-0.25, -0.2) is 8.78 Å². The topological polar surface area (TPSA) is 6.48 Å². The van der Waals surface area contributed by atoms with Gasteiger partial charge in [-0.2, -0.15) is 0 Å². The Morgan fingerprint density at radius 3 is 1.35 bits per heavy atom. The molecule has 0 atom stereocenters. The van der Waals surface area contributed by atoms with Crippen LogP contribution in [-0.4, -0.2) is 16.1 Å². The Hall–Kier alpha value is -6.87. The molecule has 11 rings (SSSR count). The van der Waals surface area contributed by atoms with Crippen LogP contribution in [0.2, 0.25) is 39.3 Å². The summed E-state index contributed by atoms with van der Waals surface area (Å²) in [5.41, 5.74) is 13.1. The molecule has 65 heavy (non-hydrogen) atoms. The van der Waals surface area contributed by atoms with E-state index in [1.807, 2.05) is 24.3 Å². The van der Waals surface area contributed by atoms with Gasteiger partial charge < -0.3 is 9.80 Å². The number of fused-ring (bicyclic) bond motifs is 9. The first-order valence-corrected chi connectivity index (χ1v) is 29.6. The van der Waals surface area contributed by atoms with E-state index in [4.69, 9.17) is 0 Å². The number of para-hydroxylation sites is 2. The summed E-state index contributed by atoms with van der Waals surface area (Å²) in [6.45, 7) is 14.1. The average Bonchev–Trinajstić information content (AvgIpc) is 3.60. The predicted molar refractivity (Wildman–Crippen MR) is 275 cm³/mol. The van der Waals surface area contributed by atoms with E-state index in [-0.39, 0.29) is 11.6 Å². The quantitative estimate of drug-likeness (QED) is 0.140. The van der Waals surface area contributed by atoms with E-state index in [0.29, 0.717) is 11.4 Å². The van der Waals surface area contributed by atoms with Gasteiger partial charge in [0.2, 0.25) is 0 Å². The lowest BCUT2D eigenvalue weighted by molar-refractivity contribution is 0.628. The lowest BCUT2D eigenvalue weighted by Crippen LogP contribution is -2.37. The predicted octanol–water partition coefficient (Wildman–Crippen LogP) is 15.5. The Balaban J connectivity index is 1.21. The maximum Gasteiger partial charge on any atom is 0.147 e. The highest BCUT2D eigenvalue weighted by atomic mass is 28.3. The van der Waals surface area contributed by atoms with Crippen molar-refractivity contribution >= 4 is 71.4 Å². The molecule has 6 heteroatoms. The van der Waals surface area contributed by atoms with Crippen molar-refractivity contribution < 1.29 is 8.78 Å². The molecule has 2 aliphatic rings. The van der Waals surface area contributed by atoms with Gasteiger partial charge in [0.15, 0.2) is 0 Å². The highest BCUT2D eigenvalue weighted by Crippen LogP contribution is 2.63. The number of halogens is 2. The molecule has 0 saturated heterocycles. The second kappa shape index (κ2) is 15.1. The zero-order chi connectivity index (χ0) is 44.8. The third-order valence-electron chi connectivity index (χ3n) is 13.7. The first-order valence-electron chi connectivity index (χ1n) is 22.6. The van der Waals surface area contributed by atoms with Crippen molar-refractivity contribution in [3.05, 3.63) is 228 Å². The van der Waals surface area contributed by atoms with Crippen molar-refractivity contribution in [3.63, 3.8) is 0 Å². The SMILES string of the molecule is C[Si](C)(C)c1ccc(N(c2ccc3c(c2)C2(c4ccccc4-c4ccccc42)c2cccc4c(N(c5ccc([Si](C)(C)C)cc5)c5ccccc5F)ccc-3c24)c2ccccc2F)cc1. The molecule has 2 aliphatic carbocycles. The zero-order valence-electron chi connectivity index (χ0n) is 37.6. The highest BCUT2D eigenvalue weighted by Gasteiger charge is 2.50. The number of benzene rings is 9. The van der Waals surface area contributed by atoms with Gasteiger partial charge in [0.25, 0.3) is 0 Å². The molecule has 2 nitrogen and oxygen atoms in total. The zero-order valence-corrected chi connectivity index (χ0v) is 39.6. The van der Waals surface area contributed by atoms with Crippen LogP contribution in [0.1, 0.15) is 22.3 Å². The molecule has 0 radical (unpaired) electrons. The fourth-order valence-electron chi connectivity index (χ4n) is 10.6. The molecule has 9 aromatic carbocycles. The van der Waals surface area contributed by atoms with Crippen LogP contribution in [-0.2, 0) is 5.41 Å². The third kappa shape index (κ3) is 6.37. The number of hydrogen-bond acceptors (Lipinski definition) is 2. The van der Waals surface area contributed by atoms with Crippen LogP contribution in [0.5, 0.6) is 0 Å². The van der Waals surface area contributed by atoms with Crippen LogP contribution in [0.4, 0.5) is 42.9 Å². The summed E-state index contributed by atoms with van der Waals surface area (Å²) >= 11 is 0. The third-order valence-corrected chi connectivity index (χ3v) is 17.9. The second-order valence-corrected chi connectivity index (χ2v) is 29.8. The molecule has 0 unspecified atom stereocenters. The van der Waals surface area contributed by atoms with Crippen molar-refractivity contribution in [2.75, 3.05) is 9.80 Å². The molecule has 0 fully saturated rings. The fraction of sp³-hybridized carbons (Fsp3) is 0.119. The molecular weight excluding hydrogens is 831 g/mol. The van der Waals surface area contributed by atoms with Crippen molar-refractivity contribution in [2.45, 2.75) is 44.7 Å². The fourth-order valence-corrected chi connectivity index (χ4v) is 13.0. The summed E-state index contributed by atoms with van der Waals surface area (Å²) < 4.78 is 32.5. The molecule has 318 valence electrons. The Bertz CT molecular complexity index is 3280. The summed E-state index contributed by atoms with van der Waals surface area (Å²) in [6, 6.07) is 67.0. The molecule has 0 aromatic heterocycles. The van der Waals surface area contributed by atoms with Crippen LogP contribution in [0.15, 0.2) is 194 Å². The summed E-state index contributed by atoms with van der Waals surface area (Å²) in [5, 5.41) is 4.86. The Morgan fingerprint density at radius 2 is 0.800 bits per heavy atom. The second-order valence-electron chi connectivity index (χ2n) is 19.6. The molecule has 0 bridgehead atoms. The number of rotatable bonds is 8. The van der Waals surface area contributed by atoms with E-state index >= 15 is 8.78 Å². The van der Waals surface area contributed by atoms with Gasteiger partial charge >= 0.3 is 0 Å². The number of nitrogens with zero attached hydrogens (tertiary/aromatic N) is 2. The van der Waals surface area contributed by atoms with E-state index in [1.54, 1.807) is 24.3 Å². The minimum absolute atomic E-state index is 0.287. The van der Waals surface area contributed by atoms with Crippen LogP contribution in [0.25, 0.3) is 33.0 Å². The van der Waals surface area contributed by atoms with Crippen molar-refractivity contribution in [3.8, 4) is 22.3 Å². The molecule has 9 aromatic rings. The van der Waals surface area contributed by atoms with Crippen LogP contribution >= 0.6 is 0 Å². The first-order chi connectivity index (χ1) is 31.4. The maximum atomic E-state index is 16.3. The molecule has 0 saturated carbocycles. The summed E-state index contributed by atoms with van der Waals surface area (Å²) in [5.74, 6) is -0.576. The normalized spacial score (nSPS) is 13.4. The molecule has 0 N–H and O–H groups in total. The molecular formula is C59H50F2N2Si2. The van der Waals surface area contributed by atoms with Gasteiger partial charge in [0.1, 0.15) is 11.6 Å². The Morgan fingerprint density at radius 1 is 0.354 bits per heavy atom. The van der Waals surface area contributed by atoms with Gasteiger partial charge in [-0.15, -0.1) is 0 Å². The largest absolute Gasteiger partial charge is 0.308 e. The summed E-state index contributed by atoms with van der Waals surface area (Å²) in [4.78, 5) is 4.16. The Kier molecular flexibility index (Phi) is 9.51. The molecule has 1 spiro atoms. The van der Waals surface area contributed by atoms with Gasteiger partial charge in [0, 0.05) is 22.4 Å². The first kappa shape index (κ1) is 40.9. The van der Waals surface area contributed by atoms with Crippen molar-refractivity contribution in [1.29, 1.82) is 0 Å². The van der Waals surface area contributed by atoms with Gasteiger partial charge in [-0.05, 0) is 117 Å². The van der Waals surface area contributed by atoms with Crippen LogP contribution < -0.4 is 20.2 Å². The highest BCUT2D eigenvalue weighted by molar-refractivity contribution is 6.89. The van der Waals surface area contributed by atoms with E-state index < -0.39 is 21.6 Å². The van der Waals surface area contributed by atoms with E-state index in [0.717, 1.165) is 55.8 Å². The number of hydrogen-bond donors (Lipinski definition) is 0. The monoisotopic (exact) mass is 880 g/mol. The van der Waals surface area contributed by atoms with E-state index in [2.05, 4.69) is 195 Å².